The Kier molecular flexibility index (Phi) is 88.8. The van der Waals surface area contributed by atoms with Crippen LogP contribution in [0.25, 0.3) is 0 Å². The Morgan fingerprint density at radius 1 is 0.300 bits per heavy atom. The van der Waals surface area contributed by atoms with Crippen LogP contribution >= 0.6 is 192 Å². The summed E-state index contributed by atoms with van der Waals surface area (Å²) in [7, 11) is 0. The van der Waals surface area contributed by atoms with Gasteiger partial charge in [0.1, 0.15) is 0 Å². The number of thiocarbonyl (C=S) groups is 4. The van der Waals surface area contributed by atoms with Crippen LogP contribution in [0.3, 0.4) is 0 Å². The average molecular weight is 1940 g/mol. The summed E-state index contributed by atoms with van der Waals surface area (Å²) in [5.74, 6) is 4.21. The number of pyridine rings is 6. The Bertz CT molecular complexity index is 4300. The van der Waals surface area contributed by atoms with Gasteiger partial charge in [0.05, 0.1) is 129 Å². The van der Waals surface area contributed by atoms with Crippen molar-refractivity contribution in [1.29, 1.82) is 63.7 Å². The first-order chi connectivity index (χ1) is 55.4. The number of nitriles is 8. The molecule has 0 unspecified atom stereocenters. The number of rotatable bonds is 20. The van der Waals surface area contributed by atoms with Crippen molar-refractivity contribution in [2.45, 2.75) is 97.9 Å². The summed E-state index contributed by atoms with van der Waals surface area (Å²) < 4.78 is 0. The Morgan fingerprint density at radius 2 is 0.592 bits per heavy atom. The van der Waals surface area contributed by atoms with Gasteiger partial charge >= 0.3 is 0 Å². The van der Waals surface area contributed by atoms with Gasteiger partial charge in [-0.15, -0.1) is 96.0 Å². The van der Waals surface area contributed by atoms with Gasteiger partial charge in [-0.25, -0.2) is 0 Å². The fourth-order valence-corrected chi connectivity index (χ4v) is 10.6. The van der Waals surface area contributed by atoms with Crippen LogP contribution in [0.1, 0.15) is 89.5 Å². The van der Waals surface area contributed by atoms with Crippen molar-refractivity contribution in [3.63, 3.8) is 0 Å². The number of nitrogens with one attached hydrogen (secondary N) is 4. The topological polar surface area (TPSA) is 675 Å². The predicted octanol–water partition coefficient (Wildman–Crippen LogP) is 12.3. The highest BCUT2D eigenvalue weighted by atomic mass is 35.5. The molecule has 0 radical (unpaired) electrons. The quantitative estimate of drug-likeness (QED) is 0.0146. The van der Waals surface area contributed by atoms with E-state index in [0.717, 1.165) is 89.5 Å². The van der Waals surface area contributed by atoms with Crippen LogP contribution in [0.15, 0.2) is 159 Å². The molecule has 6 heterocycles. The van der Waals surface area contributed by atoms with Gasteiger partial charge < -0.3 is 68.8 Å². The highest BCUT2D eigenvalue weighted by Crippen LogP contribution is 2.19. The molecule has 0 spiro atoms. The third-order valence-corrected chi connectivity index (χ3v) is 16.4. The standard InChI is InChI=1S/C10H11N3S.C9H8ClN.3C9H10N4S.3C8H7ClN2.4CH4N2S.4ClH/c11-6-5-8-3-1-2-4-9(8)7-14-10(12)13;10-7-9-4-2-1-3-8(9)5-6-11;10-3-1-8-5-7(2-4-13-8)6-14-9(11)12;10-3-1-7-2-4-13-5-8(7)6-14-9(11)12;10-4-3-7-2-1-5-13-8(7)6-14-9(11)12;9-6-7-2-4-11-8(5-7)1-3-10;9-5-8-6-11-4-2-7(8)1-3-10;9-6-8-7(3-4-10)2-1-5-11-8;4*2-1(3)4;;;;/h1-4H,5,7H2,(H3,12,13);1-4H,5,7H2;2*2,4-5H,1,6H2,(H3,11,12);1-2,5H,3,6H2,(H3,11,12);2,4-5H,1,6H2;2,4,6H,1,5H2;1-2,5H,3,6H2;4*(H4,2,3,4);4*1H. The summed E-state index contributed by atoms with van der Waals surface area (Å²) in [6, 6.07) is 50.4. The summed E-state index contributed by atoms with van der Waals surface area (Å²) >= 11 is 43.8. The lowest BCUT2D eigenvalue weighted by Crippen LogP contribution is -2.18. The first-order valence-corrected chi connectivity index (χ1v) is 40.1. The smallest absolute Gasteiger partial charge is 0.160 e. The Morgan fingerprint density at radius 3 is 0.967 bits per heavy atom. The fraction of sp³-hybridized carbons (Fsp3) is 0.216. The van der Waals surface area contributed by atoms with Crippen molar-refractivity contribution in [2.24, 2.45) is 68.8 Å². The van der Waals surface area contributed by atoms with Crippen LogP contribution in [-0.4, -0.2) is 71.0 Å². The molecule has 6 aromatic heterocycles. The van der Waals surface area contributed by atoms with Crippen molar-refractivity contribution < 1.29 is 0 Å². The molecule has 0 atom stereocenters. The molecule has 8 aromatic rings. The molecule has 8 rings (SSSR count). The molecular weight excluding hydrogens is 1850 g/mol. The van der Waals surface area contributed by atoms with Crippen LogP contribution in [0, 0.1) is 112 Å². The number of hydrogen-bond acceptors (Lipinski definition) is 26. The van der Waals surface area contributed by atoms with Gasteiger partial charge in [-0.1, -0.05) is 108 Å². The van der Waals surface area contributed by atoms with E-state index < -0.39 is 0 Å². The minimum absolute atomic E-state index is 0. The highest BCUT2D eigenvalue weighted by Gasteiger charge is 2.07. The molecule has 30 nitrogen and oxygen atoms in total. The molecule has 0 saturated carbocycles. The first-order valence-electron chi connectivity index (χ1n) is 32.3. The number of benzene rings is 2. The lowest BCUT2D eigenvalue weighted by molar-refractivity contribution is 1.08. The Balaban J connectivity index is -0.000000193. The van der Waals surface area contributed by atoms with Crippen molar-refractivity contribution >= 4 is 233 Å². The van der Waals surface area contributed by atoms with Crippen LogP contribution in [0.5, 0.6) is 0 Å². The number of halogens is 8. The lowest BCUT2D eigenvalue weighted by atomic mass is 10.1. The third-order valence-electron chi connectivity index (χ3n) is 12.2. The third kappa shape index (κ3) is 75.1. The summed E-state index contributed by atoms with van der Waals surface area (Å²) in [4.78, 5) is 24.1. The number of nitrogens with zero attached hydrogens (tertiary/aromatic N) is 14. The van der Waals surface area contributed by atoms with Crippen LogP contribution < -0.4 is 68.8 Å². The van der Waals surface area contributed by atoms with E-state index >= 15 is 0 Å². The number of alkyl halides is 4. The Labute approximate surface area is 783 Å². The van der Waals surface area contributed by atoms with E-state index in [0.29, 0.717) is 97.9 Å². The molecule has 2 aromatic carbocycles. The largest absolute Gasteiger partial charge is 0.379 e. The molecule has 0 amide bonds. The van der Waals surface area contributed by atoms with Crippen LogP contribution in [0.2, 0.25) is 0 Å². The van der Waals surface area contributed by atoms with Crippen molar-refractivity contribution in [3.05, 3.63) is 248 Å². The fourth-order valence-electron chi connectivity index (χ4n) is 7.47. The number of aromatic nitrogens is 6. The highest BCUT2D eigenvalue weighted by molar-refractivity contribution is 8.13. The van der Waals surface area contributed by atoms with E-state index in [1.165, 1.54) is 47.0 Å². The van der Waals surface area contributed by atoms with Crippen LogP contribution in [0.4, 0.5) is 0 Å². The molecule has 0 saturated heterocycles. The van der Waals surface area contributed by atoms with Crippen molar-refractivity contribution in [3.8, 4) is 48.6 Å². The van der Waals surface area contributed by atoms with E-state index in [4.69, 9.17) is 133 Å². The summed E-state index contributed by atoms with van der Waals surface area (Å²) in [5, 5.41) is 96.5. The second-order valence-corrected chi connectivity index (χ2v) is 27.8. The summed E-state index contributed by atoms with van der Waals surface area (Å²) in [6.45, 7) is 0. The maximum Gasteiger partial charge on any atom is 0.160 e. The zero-order valence-electron chi connectivity index (χ0n) is 63.9. The molecule has 28 N–H and O–H groups in total. The monoisotopic (exact) mass is 1930 g/mol. The molecule has 0 fully saturated rings. The summed E-state index contributed by atoms with van der Waals surface area (Å²) in [6.07, 6.45) is 16.5. The second-order valence-electron chi connectivity index (χ2n) is 20.8. The lowest BCUT2D eigenvalue weighted by Gasteiger charge is -2.04. The van der Waals surface area contributed by atoms with Crippen LogP contribution in [-0.2, 0) is 97.9 Å². The normalized spacial score (nSPS) is 8.50. The van der Waals surface area contributed by atoms with Crippen molar-refractivity contribution in [1.82, 2.24) is 29.9 Å². The minimum atomic E-state index is 0. The number of hydrogen-bond donors (Lipinski definition) is 16. The van der Waals surface area contributed by atoms with Gasteiger partial charge in [0, 0.05) is 90.2 Å². The molecular formula is C74H90Cl8N30S8. The predicted molar refractivity (Wildman–Crippen MR) is 517 cm³/mol. The number of thioether (sulfide) groups is 4. The number of amidine groups is 4. The van der Waals surface area contributed by atoms with Gasteiger partial charge in [0.2, 0.25) is 0 Å². The molecule has 640 valence electrons. The second kappa shape index (κ2) is 85.1. The van der Waals surface area contributed by atoms with Gasteiger partial charge in [-0.05, 0) is 164 Å². The van der Waals surface area contributed by atoms with Gasteiger partial charge in [0.15, 0.2) is 41.1 Å². The average Bonchev–Trinajstić information content (AvgIpc) is 0.873. The van der Waals surface area contributed by atoms with E-state index in [-0.39, 0.29) is 90.7 Å². The molecule has 0 aliphatic carbocycles. The van der Waals surface area contributed by atoms with E-state index in [1.54, 1.807) is 55.6 Å². The van der Waals surface area contributed by atoms with Crippen molar-refractivity contribution in [2.75, 3.05) is 0 Å². The molecule has 120 heavy (non-hydrogen) atoms. The zero-order chi connectivity index (χ0) is 88.3. The van der Waals surface area contributed by atoms with E-state index in [1.807, 2.05) is 115 Å². The van der Waals surface area contributed by atoms with Gasteiger partial charge in [0.25, 0.3) is 0 Å². The van der Waals surface area contributed by atoms with E-state index in [2.05, 4.69) is 161 Å². The Hall–Kier alpha value is -10.4. The minimum Gasteiger partial charge on any atom is -0.379 e. The zero-order valence-corrected chi connectivity index (χ0v) is 76.7. The maximum absolute atomic E-state index is 8.60. The molecule has 0 aliphatic heterocycles. The van der Waals surface area contributed by atoms with E-state index in [9.17, 15) is 0 Å². The first kappa shape index (κ1) is 125. The van der Waals surface area contributed by atoms with Gasteiger partial charge in [-0.3, -0.25) is 51.5 Å². The molecule has 0 aliphatic rings. The van der Waals surface area contributed by atoms with Gasteiger partial charge in [-0.2, -0.15) is 42.1 Å². The molecule has 46 heteroatoms. The molecule has 0 bridgehead atoms. The SMILES string of the molecule is Cl.Cl.Cl.Cl.N#CCc1cc(CCl)ccn1.N#CCc1cc(CSC(=N)N)ccn1.N#CCc1ccccc1CCl.N#CCc1ccccc1CSC(=N)N.N#CCc1cccnc1CCl.N#CCc1cccnc1CSC(=N)N.N#CCc1ccncc1CCl.N#CCc1ccncc1CSC(=N)N.NC(N)=S.NC(N)=S.NC(N)=S.NC(N)=S. The summed E-state index contributed by atoms with van der Waals surface area (Å²) in [5.41, 5.74) is 72.9. The number of nitrogens with two attached hydrogens (primary N) is 12. The maximum atomic E-state index is 8.60.